The van der Waals surface area contributed by atoms with Crippen molar-refractivity contribution in [1.82, 2.24) is 10.2 Å². The molecule has 0 bridgehead atoms. The highest BCUT2D eigenvalue weighted by atomic mass is 32.1. The molecule has 1 aromatic heterocycles. The van der Waals surface area contributed by atoms with Crippen molar-refractivity contribution >= 4 is 16.5 Å². The van der Waals surface area contributed by atoms with Crippen LogP contribution >= 0.6 is 11.3 Å². The fourth-order valence-corrected chi connectivity index (χ4v) is 3.90. The Labute approximate surface area is 129 Å². The highest BCUT2D eigenvalue weighted by Gasteiger charge is 2.28. The molecule has 0 amide bonds. The first-order chi connectivity index (χ1) is 10.2. The van der Waals surface area contributed by atoms with Gasteiger partial charge in [-0.2, -0.15) is 0 Å². The Bertz CT molecular complexity index is 570. The number of hydrogen-bond acceptors (Lipinski definition) is 5. The van der Waals surface area contributed by atoms with Crippen LogP contribution in [0.3, 0.4) is 0 Å². The van der Waals surface area contributed by atoms with Gasteiger partial charge in [0.25, 0.3) is 0 Å². The van der Waals surface area contributed by atoms with Crippen LogP contribution in [0.5, 0.6) is 0 Å². The number of rotatable bonds is 5. The second kappa shape index (κ2) is 6.54. The molecule has 5 heteroatoms. The van der Waals surface area contributed by atoms with Crippen LogP contribution in [0.4, 0.5) is 5.13 Å². The normalized spacial score (nSPS) is 19.9. The van der Waals surface area contributed by atoms with E-state index in [0.717, 1.165) is 35.9 Å². The maximum absolute atomic E-state index is 9.62. The summed E-state index contributed by atoms with van der Waals surface area (Å²) in [4.78, 5) is 2.32. The number of aliphatic hydroxyl groups is 1. The molecule has 112 valence electrons. The van der Waals surface area contributed by atoms with Crippen molar-refractivity contribution in [3.8, 4) is 0 Å². The summed E-state index contributed by atoms with van der Waals surface area (Å²) in [6.07, 6.45) is 3.71. The van der Waals surface area contributed by atoms with Crippen molar-refractivity contribution in [1.29, 1.82) is 0 Å². The average molecular weight is 303 g/mol. The SMILES string of the molecule is CC(O)CC1CCCN1c1nnc(Cc2ccccc2)s1. The van der Waals surface area contributed by atoms with Crippen LogP contribution in [-0.2, 0) is 6.42 Å². The Morgan fingerprint density at radius 3 is 2.90 bits per heavy atom. The fraction of sp³-hybridized carbons (Fsp3) is 0.500. The number of hydrogen-bond donors (Lipinski definition) is 1. The van der Waals surface area contributed by atoms with E-state index in [1.54, 1.807) is 11.3 Å². The van der Waals surface area contributed by atoms with Crippen molar-refractivity contribution in [2.45, 2.75) is 44.8 Å². The van der Waals surface area contributed by atoms with Crippen molar-refractivity contribution in [2.75, 3.05) is 11.4 Å². The molecule has 0 aliphatic carbocycles. The molecule has 0 saturated carbocycles. The topological polar surface area (TPSA) is 49.2 Å². The molecule has 2 unspecified atom stereocenters. The summed E-state index contributed by atoms with van der Waals surface area (Å²) in [5, 5.41) is 20.4. The third-order valence-corrected chi connectivity index (χ3v) is 4.85. The van der Waals surface area contributed by atoms with Gasteiger partial charge in [-0.1, -0.05) is 41.7 Å². The maximum Gasteiger partial charge on any atom is 0.208 e. The van der Waals surface area contributed by atoms with Crippen LogP contribution in [-0.4, -0.2) is 34.0 Å². The first-order valence-electron chi connectivity index (χ1n) is 7.53. The maximum atomic E-state index is 9.62. The minimum atomic E-state index is -0.257. The van der Waals surface area contributed by atoms with Crippen LogP contribution in [0, 0.1) is 0 Å². The van der Waals surface area contributed by atoms with Gasteiger partial charge in [-0.3, -0.25) is 0 Å². The van der Waals surface area contributed by atoms with E-state index in [9.17, 15) is 5.11 Å². The molecule has 4 nitrogen and oxygen atoms in total. The van der Waals surface area contributed by atoms with Gasteiger partial charge in [-0.25, -0.2) is 0 Å². The van der Waals surface area contributed by atoms with Crippen LogP contribution in [0.2, 0.25) is 0 Å². The third-order valence-electron chi connectivity index (χ3n) is 3.89. The zero-order chi connectivity index (χ0) is 14.7. The monoisotopic (exact) mass is 303 g/mol. The number of benzene rings is 1. The van der Waals surface area contributed by atoms with Gasteiger partial charge in [0.1, 0.15) is 5.01 Å². The third kappa shape index (κ3) is 3.60. The molecule has 1 N–H and O–H groups in total. The molecule has 1 saturated heterocycles. The average Bonchev–Trinajstić information content (AvgIpc) is 3.08. The predicted molar refractivity (Wildman–Crippen MR) is 85.8 cm³/mol. The van der Waals surface area contributed by atoms with Crippen molar-refractivity contribution in [2.24, 2.45) is 0 Å². The summed E-state index contributed by atoms with van der Waals surface area (Å²) in [7, 11) is 0. The predicted octanol–water partition coefficient (Wildman–Crippen LogP) is 2.87. The summed E-state index contributed by atoms with van der Waals surface area (Å²) in [6.45, 7) is 2.88. The summed E-state index contributed by atoms with van der Waals surface area (Å²) in [6, 6.07) is 10.8. The Kier molecular flexibility index (Phi) is 4.51. The number of nitrogens with zero attached hydrogens (tertiary/aromatic N) is 3. The number of aromatic nitrogens is 2. The van der Waals surface area contributed by atoms with Gasteiger partial charge in [0.05, 0.1) is 6.10 Å². The van der Waals surface area contributed by atoms with Gasteiger partial charge in [0.15, 0.2) is 0 Å². The molecule has 1 fully saturated rings. The molecule has 1 aliphatic rings. The second-order valence-electron chi connectivity index (χ2n) is 5.71. The van der Waals surface area contributed by atoms with E-state index >= 15 is 0 Å². The first-order valence-corrected chi connectivity index (χ1v) is 8.35. The summed E-state index contributed by atoms with van der Waals surface area (Å²) in [5.74, 6) is 0. The fourth-order valence-electron chi connectivity index (χ4n) is 2.93. The molecule has 0 radical (unpaired) electrons. The Morgan fingerprint density at radius 1 is 1.33 bits per heavy atom. The molecule has 3 rings (SSSR count). The van der Waals surface area contributed by atoms with Crippen molar-refractivity contribution < 1.29 is 5.11 Å². The lowest BCUT2D eigenvalue weighted by Crippen LogP contribution is -2.31. The minimum absolute atomic E-state index is 0.257. The molecular formula is C16H21N3OS. The van der Waals surface area contributed by atoms with E-state index in [1.807, 2.05) is 13.0 Å². The lowest BCUT2D eigenvalue weighted by atomic mass is 10.1. The van der Waals surface area contributed by atoms with Gasteiger partial charge in [-0.05, 0) is 31.7 Å². The number of anilines is 1. The number of aliphatic hydroxyl groups excluding tert-OH is 1. The van der Waals surface area contributed by atoms with Crippen LogP contribution in [0.15, 0.2) is 30.3 Å². The minimum Gasteiger partial charge on any atom is -0.393 e. The largest absolute Gasteiger partial charge is 0.393 e. The second-order valence-corrected chi connectivity index (χ2v) is 6.76. The molecule has 1 aliphatic heterocycles. The molecule has 2 aromatic rings. The Hall–Kier alpha value is -1.46. The molecule has 2 heterocycles. The first kappa shape index (κ1) is 14.5. The van der Waals surface area contributed by atoms with E-state index in [0.29, 0.717) is 6.04 Å². The smallest absolute Gasteiger partial charge is 0.208 e. The highest BCUT2D eigenvalue weighted by molar-refractivity contribution is 7.15. The van der Waals surface area contributed by atoms with E-state index in [1.165, 1.54) is 12.0 Å². The van der Waals surface area contributed by atoms with Gasteiger partial charge >= 0.3 is 0 Å². The van der Waals surface area contributed by atoms with E-state index in [4.69, 9.17) is 0 Å². The summed E-state index contributed by atoms with van der Waals surface area (Å²) >= 11 is 1.68. The van der Waals surface area contributed by atoms with Gasteiger partial charge in [0.2, 0.25) is 5.13 Å². The summed E-state index contributed by atoms with van der Waals surface area (Å²) < 4.78 is 0. The molecule has 2 atom stereocenters. The van der Waals surface area contributed by atoms with E-state index in [-0.39, 0.29) is 6.10 Å². The van der Waals surface area contributed by atoms with E-state index < -0.39 is 0 Å². The molecule has 1 aromatic carbocycles. The highest BCUT2D eigenvalue weighted by Crippen LogP contribution is 2.31. The zero-order valence-corrected chi connectivity index (χ0v) is 13.1. The zero-order valence-electron chi connectivity index (χ0n) is 12.3. The molecular weight excluding hydrogens is 282 g/mol. The Balaban J connectivity index is 1.69. The van der Waals surface area contributed by atoms with Gasteiger partial charge in [-0.15, -0.1) is 10.2 Å². The standard InChI is InChI=1S/C16H21N3OS/c1-12(20)10-14-8-5-9-19(14)16-18-17-15(21-16)11-13-6-3-2-4-7-13/h2-4,6-7,12,14,20H,5,8-11H2,1H3. The van der Waals surface area contributed by atoms with Gasteiger partial charge in [0, 0.05) is 19.0 Å². The van der Waals surface area contributed by atoms with E-state index in [2.05, 4.69) is 39.4 Å². The molecule has 21 heavy (non-hydrogen) atoms. The summed E-state index contributed by atoms with van der Waals surface area (Å²) in [5.41, 5.74) is 1.27. The lowest BCUT2D eigenvalue weighted by molar-refractivity contribution is 0.175. The van der Waals surface area contributed by atoms with Crippen LogP contribution in [0.25, 0.3) is 0 Å². The van der Waals surface area contributed by atoms with Crippen molar-refractivity contribution in [3.63, 3.8) is 0 Å². The lowest BCUT2D eigenvalue weighted by Gasteiger charge is -2.24. The quantitative estimate of drug-likeness (QED) is 0.923. The van der Waals surface area contributed by atoms with Crippen LogP contribution in [0.1, 0.15) is 36.8 Å². The molecule has 0 spiro atoms. The van der Waals surface area contributed by atoms with Gasteiger partial charge < -0.3 is 10.0 Å². The van der Waals surface area contributed by atoms with Crippen LogP contribution < -0.4 is 4.90 Å². The van der Waals surface area contributed by atoms with Crippen molar-refractivity contribution in [3.05, 3.63) is 40.9 Å². The Morgan fingerprint density at radius 2 is 2.14 bits per heavy atom.